The second-order valence-electron chi connectivity index (χ2n) is 8.39. The maximum Gasteiger partial charge on any atom is 0.257 e. The molecule has 2 N–H and O–H groups in total. The summed E-state index contributed by atoms with van der Waals surface area (Å²) in [5, 5.41) is 19.8. The number of benzene rings is 2. The van der Waals surface area contributed by atoms with Crippen LogP contribution in [0.4, 0.5) is 5.69 Å². The smallest absolute Gasteiger partial charge is 0.257 e. The maximum absolute atomic E-state index is 12.6. The van der Waals surface area contributed by atoms with Crippen LogP contribution in [0.3, 0.4) is 0 Å². The molecule has 2 heterocycles. The summed E-state index contributed by atoms with van der Waals surface area (Å²) in [7, 11) is 0. The van der Waals surface area contributed by atoms with Gasteiger partial charge in [0.2, 0.25) is 4.96 Å². The Balaban J connectivity index is 1.44. The largest absolute Gasteiger partial charge is 0.332 e. The average Bonchev–Trinajstić information content (AvgIpc) is 3.34. The zero-order valence-electron chi connectivity index (χ0n) is 18.3. The number of amides is 1. The molecule has 1 amide bonds. The van der Waals surface area contributed by atoms with E-state index >= 15 is 0 Å². The highest BCUT2D eigenvalue weighted by atomic mass is 32.1. The third kappa shape index (κ3) is 4.68. The van der Waals surface area contributed by atoms with Crippen molar-refractivity contribution in [1.82, 2.24) is 25.1 Å². The van der Waals surface area contributed by atoms with Gasteiger partial charge in [-0.25, -0.2) is 0 Å². The number of anilines is 1. The molecule has 0 aliphatic heterocycles. The first kappa shape index (κ1) is 22.0. The third-order valence-corrected chi connectivity index (χ3v) is 6.13. The normalized spacial score (nSPS) is 11.5. The van der Waals surface area contributed by atoms with Gasteiger partial charge in [0, 0.05) is 23.2 Å². The Morgan fingerprint density at radius 1 is 1.12 bits per heavy atom. The molecule has 164 valence electrons. The van der Waals surface area contributed by atoms with Crippen LogP contribution in [0.25, 0.3) is 15.5 Å². The molecule has 0 atom stereocenters. The number of nitrogens with one attached hydrogen (secondary N) is 2. The van der Waals surface area contributed by atoms with E-state index in [9.17, 15) is 4.79 Å². The van der Waals surface area contributed by atoms with Crippen LogP contribution in [0.2, 0.25) is 0 Å². The first-order valence-electron chi connectivity index (χ1n) is 10.3. The molecule has 0 fully saturated rings. The number of rotatable bonds is 4. The van der Waals surface area contributed by atoms with E-state index in [-0.39, 0.29) is 16.4 Å². The highest BCUT2D eigenvalue weighted by Crippen LogP contribution is 2.27. The Morgan fingerprint density at radius 2 is 1.88 bits per heavy atom. The standard InChI is InChI=1S/C23H24N6OS2/c1-5-18-26-27-22-29(18)28-20(32-22)15-7-6-8-17(13-15)24-21(31)25-19(30)14-9-11-16(12-10-14)23(2,3)4/h6-13H,5H2,1-4H3,(H2,24,25,30,31). The van der Waals surface area contributed by atoms with E-state index in [1.807, 2.05) is 55.5 Å². The zero-order chi connectivity index (χ0) is 22.9. The number of hydrogen-bond acceptors (Lipinski definition) is 6. The summed E-state index contributed by atoms with van der Waals surface area (Å²) >= 11 is 6.82. The molecule has 4 aromatic rings. The lowest BCUT2D eigenvalue weighted by Crippen LogP contribution is -2.34. The van der Waals surface area contributed by atoms with Gasteiger partial charge in [-0.05, 0) is 47.5 Å². The topological polar surface area (TPSA) is 84.2 Å². The number of aryl methyl sites for hydroxylation is 1. The Hall–Kier alpha value is -3.17. The Labute approximate surface area is 195 Å². The minimum absolute atomic E-state index is 0.0337. The van der Waals surface area contributed by atoms with Crippen molar-refractivity contribution < 1.29 is 4.79 Å². The van der Waals surface area contributed by atoms with Crippen LogP contribution in [0, 0.1) is 0 Å². The van der Waals surface area contributed by atoms with E-state index in [4.69, 9.17) is 12.2 Å². The van der Waals surface area contributed by atoms with E-state index in [1.54, 1.807) is 4.52 Å². The highest BCUT2D eigenvalue weighted by Gasteiger charge is 2.15. The molecule has 32 heavy (non-hydrogen) atoms. The second-order valence-corrected chi connectivity index (χ2v) is 9.75. The van der Waals surface area contributed by atoms with Crippen molar-refractivity contribution in [2.75, 3.05) is 5.32 Å². The highest BCUT2D eigenvalue weighted by molar-refractivity contribution is 7.80. The summed E-state index contributed by atoms with van der Waals surface area (Å²) in [6.45, 7) is 8.43. The number of thiocarbonyl (C=S) groups is 1. The van der Waals surface area contributed by atoms with Gasteiger partial charge in [-0.15, -0.1) is 10.2 Å². The molecule has 0 saturated heterocycles. The van der Waals surface area contributed by atoms with Crippen LogP contribution in [0.5, 0.6) is 0 Å². The molecule has 7 nitrogen and oxygen atoms in total. The molecule has 2 aromatic heterocycles. The van der Waals surface area contributed by atoms with E-state index < -0.39 is 0 Å². The molecule has 4 rings (SSSR count). The summed E-state index contributed by atoms with van der Waals surface area (Å²) in [5.74, 6) is 0.580. The maximum atomic E-state index is 12.6. The van der Waals surface area contributed by atoms with Gasteiger partial charge in [-0.2, -0.15) is 9.61 Å². The fraction of sp³-hybridized carbons (Fsp3) is 0.261. The number of carbonyl (C=O) groups is 1. The summed E-state index contributed by atoms with van der Waals surface area (Å²) < 4.78 is 1.77. The molecule has 9 heteroatoms. The minimum Gasteiger partial charge on any atom is -0.332 e. The molecule has 0 aliphatic rings. The van der Waals surface area contributed by atoms with Gasteiger partial charge < -0.3 is 5.32 Å². The summed E-state index contributed by atoms with van der Waals surface area (Å²) in [6, 6.07) is 15.3. The number of fused-ring (bicyclic) bond motifs is 1. The van der Waals surface area contributed by atoms with Crippen LogP contribution in [-0.4, -0.2) is 30.8 Å². The van der Waals surface area contributed by atoms with Crippen molar-refractivity contribution >= 4 is 45.2 Å². The first-order chi connectivity index (χ1) is 15.2. The van der Waals surface area contributed by atoms with Crippen LogP contribution >= 0.6 is 23.6 Å². The van der Waals surface area contributed by atoms with Gasteiger partial charge in [0.25, 0.3) is 5.91 Å². The fourth-order valence-electron chi connectivity index (χ4n) is 3.18. The Bertz CT molecular complexity index is 1280. The van der Waals surface area contributed by atoms with Crippen LogP contribution in [0.1, 0.15) is 49.4 Å². The van der Waals surface area contributed by atoms with Crippen LogP contribution in [-0.2, 0) is 11.8 Å². The predicted molar refractivity (Wildman–Crippen MR) is 132 cm³/mol. The molecular weight excluding hydrogens is 440 g/mol. The van der Waals surface area contributed by atoms with E-state index in [0.29, 0.717) is 5.56 Å². The number of nitrogens with zero attached hydrogens (tertiary/aromatic N) is 4. The van der Waals surface area contributed by atoms with Crippen molar-refractivity contribution in [2.24, 2.45) is 0 Å². The van der Waals surface area contributed by atoms with Crippen molar-refractivity contribution in [3.8, 4) is 10.6 Å². The van der Waals surface area contributed by atoms with E-state index in [0.717, 1.165) is 33.5 Å². The summed E-state index contributed by atoms with van der Waals surface area (Å²) in [4.78, 5) is 13.3. The van der Waals surface area contributed by atoms with Gasteiger partial charge in [0.1, 0.15) is 5.01 Å². The van der Waals surface area contributed by atoms with Crippen molar-refractivity contribution in [3.05, 3.63) is 65.5 Å². The fourth-order valence-corrected chi connectivity index (χ4v) is 4.25. The quantitative estimate of drug-likeness (QED) is 0.421. The van der Waals surface area contributed by atoms with E-state index in [2.05, 4.69) is 46.7 Å². The van der Waals surface area contributed by atoms with Crippen molar-refractivity contribution in [3.63, 3.8) is 0 Å². The monoisotopic (exact) mass is 464 g/mol. The second kappa shape index (κ2) is 8.76. The molecule has 0 bridgehead atoms. The Morgan fingerprint density at radius 3 is 2.56 bits per heavy atom. The van der Waals surface area contributed by atoms with Gasteiger partial charge in [0.05, 0.1) is 0 Å². The SMILES string of the molecule is CCc1nnc2sc(-c3cccc(NC(=S)NC(=O)c4ccc(C(C)(C)C)cc4)c3)nn12. The number of hydrogen-bond donors (Lipinski definition) is 2. The first-order valence-corrected chi connectivity index (χ1v) is 11.5. The lowest BCUT2D eigenvalue weighted by molar-refractivity contribution is 0.0977. The molecule has 0 spiro atoms. The molecule has 0 unspecified atom stereocenters. The van der Waals surface area contributed by atoms with Crippen molar-refractivity contribution in [2.45, 2.75) is 39.5 Å². The lowest BCUT2D eigenvalue weighted by Gasteiger charge is -2.19. The molecule has 2 aromatic carbocycles. The molecular formula is C23H24N6OS2. The van der Waals surface area contributed by atoms with E-state index in [1.165, 1.54) is 16.9 Å². The zero-order valence-corrected chi connectivity index (χ0v) is 20.0. The van der Waals surface area contributed by atoms with Crippen LogP contribution < -0.4 is 10.6 Å². The average molecular weight is 465 g/mol. The number of aromatic nitrogens is 4. The Kier molecular flexibility index (Phi) is 6.03. The summed E-state index contributed by atoms with van der Waals surface area (Å²) in [6.07, 6.45) is 0.763. The van der Waals surface area contributed by atoms with Crippen LogP contribution in [0.15, 0.2) is 48.5 Å². The summed E-state index contributed by atoms with van der Waals surface area (Å²) in [5.41, 5.74) is 3.45. The third-order valence-electron chi connectivity index (χ3n) is 4.98. The van der Waals surface area contributed by atoms with Gasteiger partial charge in [0.15, 0.2) is 10.9 Å². The van der Waals surface area contributed by atoms with Gasteiger partial charge in [-0.3, -0.25) is 10.1 Å². The minimum atomic E-state index is -0.250. The molecule has 0 saturated carbocycles. The van der Waals surface area contributed by atoms with Crippen molar-refractivity contribution in [1.29, 1.82) is 0 Å². The molecule has 0 aliphatic carbocycles. The number of carbonyl (C=O) groups excluding carboxylic acids is 1. The van der Waals surface area contributed by atoms with Gasteiger partial charge in [-0.1, -0.05) is 63.3 Å². The van der Waals surface area contributed by atoms with Gasteiger partial charge >= 0.3 is 0 Å². The lowest BCUT2D eigenvalue weighted by atomic mass is 9.87. The predicted octanol–water partition coefficient (Wildman–Crippen LogP) is 4.84. The molecule has 0 radical (unpaired) electrons.